The maximum absolute atomic E-state index is 11.8. The van der Waals surface area contributed by atoms with Gasteiger partial charge in [-0.05, 0) is 47.0 Å². The van der Waals surface area contributed by atoms with Crippen LogP contribution in [0.2, 0.25) is 0 Å². The Balaban J connectivity index is 2.66. The van der Waals surface area contributed by atoms with Gasteiger partial charge in [-0.1, -0.05) is 28.9 Å². The molecule has 0 radical (unpaired) electrons. The van der Waals surface area contributed by atoms with Crippen molar-refractivity contribution in [3.8, 4) is 0 Å². The van der Waals surface area contributed by atoms with Crippen molar-refractivity contribution in [2.75, 3.05) is 6.54 Å². The number of benzene rings is 1. The molecule has 88 valence electrons. The van der Waals surface area contributed by atoms with Gasteiger partial charge in [-0.2, -0.15) is 0 Å². The van der Waals surface area contributed by atoms with Gasteiger partial charge in [-0.25, -0.2) is 0 Å². The number of alkyl halides is 1. The van der Waals surface area contributed by atoms with Gasteiger partial charge in [0.25, 0.3) is 5.91 Å². The molecule has 0 bridgehead atoms. The third kappa shape index (κ3) is 3.91. The molecular weight excluding hydrogens is 334 g/mol. The molecule has 0 spiro atoms. The maximum atomic E-state index is 11.8. The molecule has 0 fully saturated rings. The average Bonchev–Trinajstić information content (AvgIpc) is 2.25. The fraction of sp³-hybridized carbons (Fsp3) is 0.417. The van der Waals surface area contributed by atoms with Gasteiger partial charge < -0.3 is 5.32 Å². The lowest BCUT2D eigenvalue weighted by molar-refractivity contribution is 0.0953. The molecule has 1 N–H and O–H groups in total. The summed E-state index contributed by atoms with van der Waals surface area (Å²) in [4.78, 5) is 12.2. The van der Waals surface area contributed by atoms with E-state index in [0.29, 0.717) is 16.9 Å². The summed E-state index contributed by atoms with van der Waals surface area (Å²) in [5.74, 6) is -0.0372. The third-order valence-electron chi connectivity index (χ3n) is 2.30. The number of hydrogen-bond acceptors (Lipinski definition) is 1. The number of carbonyl (C=O) groups is 1. The van der Waals surface area contributed by atoms with E-state index >= 15 is 0 Å². The van der Waals surface area contributed by atoms with Gasteiger partial charge in [0.05, 0.1) is 5.56 Å². The molecule has 1 atom stereocenters. The van der Waals surface area contributed by atoms with E-state index in [1.807, 2.05) is 25.1 Å². The van der Waals surface area contributed by atoms with Crippen LogP contribution in [0.25, 0.3) is 0 Å². The molecule has 0 aliphatic carbocycles. The minimum atomic E-state index is -0.0372. The van der Waals surface area contributed by atoms with E-state index in [4.69, 9.17) is 0 Å². The smallest absolute Gasteiger partial charge is 0.252 e. The molecule has 1 amide bonds. The van der Waals surface area contributed by atoms with Crippen molar-refractivity contribution in [1.82, 2.24) is 5.32 Å². The first-order valence-corrected chi connectivity index (χ1v) is 6.94. The molecule has 0 heterocycles. The van der Waals surface area contributed by atoms with Crippen molar-refractivity contribution in [1.29, 1.82) is 0 Å². The van der Waals surface area contributed by atoms with E-state index in [2.05, 4.69) is 44.1 Å². The van der Waals surface area contributed by atoms with E-state index in [0.717, 1.165) is 16.5 Å². The molecule has 1 aromatic rings. The van der Waals surface area contributed by atoms with Crippen molar-refractivity contribution >= 4 is 37.8 Å². The highest BCUT2D eigenvalue weighted by molar-refractivity contribution is 9.10. The van der Waals surface area contributed by atoms with Crippen molar-refractivity contribution in [3.63, 3.8) is 0 Å². The molecule has 4 heteroatoms. The number of nitrogens with one attached hydrogen (secondary N) is 1. The van der Waals surface area contributed by atoms with Crippen LogP contribution in [0.1, 0.15) is 29.3 Å². The highest BCUT2D eigenvalue weighted by Gasteiger charge is 2.10. The molecular formula is C12H15Br2NO. The zero-order valence-corrected chi connectivity index (χ0v) is 12.6. The van der Waals surface area contributed by atoms with Crippen LogP contribution in [0.4, 0.5) is 0 Å². The minimum Gasteiger partial charge on any atom is -0.351 e. The summed E-state index contributed by atoms with van der Waals surface area (Å²) in [6.45, 7) is 4.72. The lowest BCUT2D eigenvalue weighted by atomic mass is 10.1. The van der Waals surface area contributed by atoms with Crippen molar-refractivity contribution in [2.45, 2.75) is 25.1 Å². The summed E-state index contributed by atoms with van der Waals surface area (Å²) in [7, 11) is 0. The lowest BCUT2D eigenvalue weighted by Gasteiger charge is -2.10. The van der Waals surface area contributed by atoms with Crippen LogP contribution in [0.5, 0.6) is 0 Å². The second-order valence-corrected chi connectivity index (χ2v) is 5.85. The van der Waals surface area contributed by atoms with E-state index in [9.17, 15) is 4.79 Å². The molecule has 1 unspecified atom stereocenters. The number of rotatable bonds is 4. The number of aryl methyl sites for hydroxylation is 1. The van der Waals surface area contributed by atoms with Gasteiger partial charge in [-0.3, -0.25) is 4.79 Å². The zero-order valence-electron chi connectivity index (χ0n) is 9.39. The number of amides is 1. The molecule has 2 nitrogen and oxygen atoms in total. The quantitative estimate of drug-likeness (QED) is 0.826. The second kappa shape index (κ2) is 6.40. The first-order chi connectivity index (χ1) is 7.54. The number of halogens is 2. The molecule has 16 heavy (non-hydrogen) atoms. The van der Waals surface area contributed by atoms with Crippen LogP contribution in [0.3, 0.4) is 0 Å². The first kappa shape index (κ1) is 13.7. The van der Waals surface area contributed by atoms with Gasteiger partial charge in [0.1, 0.15) is 0 Å². The molecule has 0 aromatic heterocycles. The Kier molecular flexibility index (Phi) is 5.49. The molecule has 1 aromatic carbocycles. The Morgan fingerprint density at radius 1 is 1.50 bits per heavy atom. The molecule has 0 aliphatic heterocycles. The monoisotopic (exact) mass is 347 g/mol. The predicted octanol–water partition coefficient (Wildman–Crippen LogP) is 3.66. The van der Waals surface area contributed by atoms with E-state index < -0.39 is 0 Å². The van der Waals surface area contributed by atoms with Crippen LogP contribution in [-0.2, 0) is 0 Å². The van der Waals surface area contributed by atoms with Crippen LogP contribution in [0.15, 0.2) is 22.7 Å². The van der Waals surface area contributed by atoms with Gasteiger partial charge in [-0.15, -0.1) is 0 Å². The molecule has 0 aliphatic rings. The molecule has 0 saturated heterocycles. The summed E-state index contributed by atoms with van der Waals surface area (Å²) >= 11 is 6.88. The topological polar surface area (TPSA) is 29.1 Å². The van der Waals surface area contributed by atoms with Gasteiger partial charge in [0.2, 0.25) is 0 Å². The summed E-state index contributed by atoms with van der Waals surface area (Å²) < 4.78 is 0.840. The number of carbonyl (C=O) groups excluding carboxylic acids is 1. The third-order valence-corrected chi connectivity index (χ3v) is 3.92. The average molecular weight is 349 g/mol. The SMILES string of the molecule is CCC(Br)CNC(=O)c1ccc(C)cc1Br. The molecule has 0 saturated carbocycles. The minimum absolute atomic E-state index is 0.0372. The van der Waals surface area contributed by atoms with Gasteiger partial charge >= 0.3 is 0 Å². The highest BCUT2D eigenvalue weighted by atomic mass is 79.9. The Bertz CT molecular complexity index is 379. The maximum Gasteiger partial charge on any atom is 0.252 e. The summed E-state index contributed by atoms with van der Waals surface area (Å²) in [6, 6.07) is 5.72. The standard InChI is InChI=1S/C12H15Br2NO/c1-3-9(13)7-15-12(16)10-5-4-8(2)6-11(10)14/h4-6,9H,3,7H2,1-2H3,(H,15,16). The van der Waals surface area contributed by atoms with Crippen LogP contribution in [-0.4, -0.2) is 17.3 Å². The van der Waals surface area contributed by atoms with E-state index in [-0.39, 0.29) is 5.91 Å². The predicted molar refractivity (Wildman–Crippen MR) is 74.2 cm³/mol. The second-order valence-electron chi connectivity index (χ2n) is 3.70. The Hall–Kier alpha value is -0.350. The normalized spacial score (nSPS) is 12.2. The van der Waals surface area contributed by atoms with Crippen LogP contribution < -0.4 is 5.32 Å². The Morgan fingerprint density at radius 2 is 2.19 bits per heavy atom. The van der Waals surface area contributed by atoms with Gasteiger partial charge in [0, 0.05) is 15.8 Å². The summed E-state index contributed by atoms with van der Waals surface area (Å²) in [6.07, 6.45) is 0.995. The Labute approximate surface area is 113 Å². The van der Waals surface area contributed by atoms with Crippen LogP contribution in [0, 0.1) is 6.92 Å². The van der Waals surface area contributed by atoms with Crippen molar-refractivity contribution in [2.24, 2.45) is 0 Å². The highest BCUT2D eigenvalue weighted by Crippen LogP contribution is 2.18. The summed E-state index contributed by atoms with van der Waals surface area (Å²) in [5, 5.41) is 2.89. The number of hydrogen-bond donors (Lipinski definition) is 1. The van der Waals surface area contributed by atoms with E-state index in [1.165, 1.54) is 0 Å². The fourth-order valence-electron chi connectivity index (χ4n) is 1.25. The lowest BCUT2D eigenvalue weighted by Crippen LogP contribution is -2.29. The zero-order chi connectivity index (χ0) is 12.1. The van der Waals surface area contributed by atoms with E-state index in [1.54, 1.807) is 0 Å². The first-order valence-electron chi connectivity index (χ1n) is 5.23. The van der Waals surface area contributed by atoms with Gasteiger partial charge in [0.15, 0.2) is 0 Å². The largest absolute Gasteiger partial charge is 0.351 e. The van der Waals surface area contributed by atoms with Crippen LogP contribution >= 0.6 is 31.9 Å². The van der Waals surface area contributed by atoms with Crippen molar-refractivity contribution < 1.29 is 4.79 Å². The fourth-order valence-corrected chi connectivity index (χ4v) is 2.08. The molecule has 1 rings (SSSR count). The Morgan fingerprint density at radius 3 is 2.75 bits per heavy atom. The van der Waals surface area contributed by atoms with Crippen molar-refractivity contribution in [3.05, 3.63) is 33.8 Å². The summed E-state index contributed by atoms with van der Waals surface area (Å²) in [5.41, 5.74) is 1.82.